The summed E-state index contributed by atoms with van der Waals surface area (Å²) in [7, 11) is 0. The number of halogens is 5. The van der Waals surface area contributed by atoms with Crippen molar-refractivity contribution >= 4 is 29.1 Å². The van der Waals surface area contributed by atoms with Crippen LogP contribution in [-0.2, 0) is 15.7 Å². The molecule has 1 unspecified atom stereocenters. The maximum Gasteiger partial charge on any atom is 0.416 e. The summed E-state index contributed by atoms with van der Waals surface area (Å²) >= 11 is 11.9. The number of hydrogen-bond acceptors (Lipinski definition) is 4. The molecule has 5 nitrogen and oxygen atoms in total. The van der Waals surface area contributed by atoms with Crippen LogP contribution in [0.5, 0.6) is 11.5 Å². The quantitative estimate of drug-likeness (QED) is 0.622. The molecule has 162 valence electrons. The van der Waals surface area contributed by atoms with Crippen LogP contribution in [0, 0.1) is 0 Å². The summed E-state index contributed by atoms with van der Waals surface area (Å²) in [5.74, 6) is -0.0404. The van der Waals surface area contributed by atoms with Crippen LogP contribution in [0.3, 0.4) is 0 Å². The van der Waals surface area contributed by atoms with Gasteiger partial charge in [0.1, 0.15) is 12.4 Å². The minimum atomic E-state index is -4.60. The van der Waals surface area contributed by atoms with Crippen molar-refractivity contribution in [3.8, 4) is 11.5 Å². The molecule has 1 aliphatic rings. The zero-order chi connectivity index (χ0) is 21.7. The fraction of sp³-hybridized carbons (Fsp3) is 0.350. The molecule has 1 heterocycles. The van der Waals surface area contributed by atoms with E-state index in [-0.39, 0.29) is 28.3 Å². The predicted molar refractivity (Wildman–Crippen MR) is 105 cm³/mol. The number of amides is 1. The molecule has 1 aliphatic heterocycles. The molecule has 1 saturated heterocycles. The van der Waals surface area contributed by atoms with Crippen molar-refractivity contribution in [1.29, 1.82) is 0 Å². The van der Waals surface area contributed by atoms with Gasteiger partial charge in [-0.15, -0.1) is 0 Å². The first-order valence-corrected chi connectivity index (χ1v) is 9.78. The van der Waals surface area contributed by atoms with Gasteiger partial charge < -0.3 is 19.1 Å². The van der Waals surface area contributed by atoms with Crippen molar-refractivity contribution in [3.05, 3.63) is 58.1 Å². The molecule has 0 bridgehead atoms. The lowest BCUT2D eigenvalue weighted by atomic mass is 10.2. The second kappa shape index (κ2) is 9.76. The SMILES string of the molecule is O=C(C(COc1c(Cl)cc(C(F)(F)F)cc1Cl)Oc1ccccc1)N1CCOCC1. The smallest absolute Gasteiger partial charge is 0.416 e. The monoisotopic (exact) mass is 463 g/mol. The molecular weight excluding hydrogens is 446 g/mol. The molecule has 0 aromatic heterocycles. The highest BCUT2D eigenvalue weighted by Gasteiger charge is 2.33. The molecule has 0 radical (unpaired) electrons. The number of rotatable bonds is 6. The van der Waals surface area contributed by atoms with Crippen molar-refractivity contribution in [2.45, 2.75) is 12.3 Å². The lowest BCUT2D eigenvalue weighted by Crippen LogP contribution is -2.49. The Morgan fingerprint density at radius 2 is 1.70 bits per heavy atom. The first-order valence-electron chi connectivity index (χ1n) is 9.03. The highest BCUT2D eigenvalue weighted by atomic mass is 35.5. The first kappa shape index (κ1) is 22.5. The van der Waals surface area contributed by atoms with Crippen LogP contribution in [0.2, 0.25) is 10.0 Å². The van der Waals surface area contributed by atoms with Crippen LogP contribution in [-0.4, -0.2) is 49.8 Å². The standard InChI is InChI=1S/C20H18Cl2F3NO4/c21-15-10-13(20(23,24)25)11-16(22)18(15)29-12-17(30-14-4-2-1-3-5-14)19(27)26-6-8-28-9-7-26/h1-5,10-11,17H,6-9,12H2. The van der Waals surface area contributed by atoms with E-state index >= 15 is 0 Å². The van der Waals surface area contributed by atoms with Crippen molar-refractivity contribution < 1.29 is 32.2 Å². The third-order valence-corrected chi connectivity index (χ3v) is 4.89. The summed E-state index contributed by atoms with van der Waals surface area (Å²) in [4.78, 5) is 14.5. The lowest BCUT2D eigenvalue weighted by Gasteiger charge is -2.30. The first-order chi connectivity index (χ1) is 14.3. The molecule has 0 N–H and O–H groups in total. The largest absolute Gasteiger partial charge is 0.486 e. The van der Waals surface area contributed by atoms with Crippen molar-refractivity contribution in [2.75, 3.05) is 32.9 Å². The summed E-state index contributed by atoms with van der Waals surface area (Å²) in [6.07, 6.45) is -5.66. The summed E-state index contributed by atoms with van der Waals surface area (Å²) in [5.41, 5.74) is -0.994. The van der Waals surface area contributed by atoms with Gasteiger partial charge in [0, 0.05) is 13.1 Å². The molecule has 1 atom stereocenters. The minimum Gasteiger partial charge on any atom is -0.486 e. The molecule has 0 aliphatic carbocycles. The Morgan fingerprint density at radius 1 is 1.10 bits per heavy atom. The number of carbonyl (C=O) groups is 1. The molecule has 1 amide bonds. The van der Waals surface area contributed by atoms with Gasteiger partial charge in [-0.3, -0.25) is 4.79 Å². The zero-order valence-electron chi connectivity index (χ0n) is 15.6. The van der Waals surface area contributed by atoms with E-state index in [4.69, 9.17) is 37.4 Å². The fourth-order valence-corrected chi connectivity index (χ4v) is 3.42. The average Bonchev–Trinajstić information content (AvgIpc) is 2.72. The molecule has 0 spiro atoms. The molecular formula is C20H18Cl2F3NO4. The third kappa shape index (κ3) is 5.71. The van der Waals surface area contributed by atoms with Crippen LogP contribution >= 0.6 is 23.2 Å². The second-order valence-corrected chi connectivity index (χ2v) is 7.25. The number of alkyl halides is 3. The zero-order valence-corrected chi connectivity index (χ0v) is 17.1. The number of carbonyl (C=O) groups excluding carboxylic acids is 1. The summed E-state index contributed by atoms with van der Waals surface area (Å²) in [6.45, 7) is 1.31. The van der Waals surface area contributed by atoms with Crippen LogP contribution in [0.4, 0.5) is 13.2 Å². The normalized spacial score (nSPS) is 15.6. The molecule has 2 aromatic carbocycles. The molecule has 1 fully saturated rings. The van der Waals surface area contributed by atoms with Gasteiger partial charge in [0.15, 0.2) is 5.75 Å². The molecule has 30 heavy (non-hydrogen) atoms. The number of hydrogen-bond donors (Lipinski definition) is 0. The van der Waals surface area contributed by atoms with E-state index in [1.165, 1.54) is 0 Å². The van der Waals surface area contributed by atoms with Gasteiger partial charge in [-0.25, -0.2) is 0 Å². The highest BCUT2D eigenvalue weighted by molar-refractivity contribution is 6.37. The van der Waals surface area contributed by atoms with Gasteiger partial charge in [-0.1, -0.05) is 41.4 Å². The predicted octanol–water partition coefficient (Wildman–Crippen LogP) is 4.70. The number of para-hydroxylation sites is 1. The Balaban J connectivity index is 1.78. The molecule has 3 rings (SSSR count). The highest BCUT2D eigenvalue weighted by Crippen LogP contribution is 2.40. The van der Waals surface area contributed by atoms with Gasteiger partial charge in [0.05, 0.1) is 28.8 Å². The Hall–Kier alpha value is -2.16. The van der Waals surface area contributed by atoms with Gasteiger partial charge in [-0.2, -0.15) is 13.2 Å². The molecule has 10 heteroatoms. The van der Waals surface area contributed by atoms with Crippen molar-refractivity contribution in [1.82, 2.24) is 4.90 Å². The van der Waals surface area contributed by atoms with Crippen LogP contribution in [0.1, 0.15) is 5.56 Å². The fourth-order valence-electron chi connectivity index (χ4n) is 2.83. The Labute approximate surface area is 181 Å². The summed E-state index contributed by atoms with van der Waals surface area (Å²) < 4.78 is 55.3. The Kier molecular flexibility index (Phi) is 7.33. The van der Waals surface area contributed by atoms with E-state index in [0.29, 0.717) is 32.1 Å². The summed E-state index contributed by atoms with van der Waals surface area (Å²) in [6, 6.07) is 10.1. The Morgan fingerprint density at radius 3 is 2.27 bits per heavy atom. The van der Waals surface area contributed by atoms with E-state index in [2.05, 4.69) is 0 Å². The van der Waals surface area contributed by atoms with Gasteiger partial charge in [-0.05, 0) is 24.3 Å². The maximum atomic E-state index is 12.9. The van der Waals surface area contributed by atoms with Crippen LogP contribution in [0.15, 0.2) is 42.5 Å². The van der Waals surface area contributed by atoms with Gasteiger partial charge >= 0.3 is 6.18 Å². The minimum absolute atomic E-state index is 0.150. The molecule has 0 saturated carbocycles. The summed E-state index contributed by atoms with van der Waals surface area (Å²) in [5, 5.41) is -0.626. The number of nitrogens with zero attached hydrogens (tertiary/aromatic N) is 1. The van der Waals surface area contributed by atoms with E-state index in [1.807, 2.05) is 0 Å². The van der Waals surface area contributed by atoms with Crippen molar-refractivity contribution in [3.63, 3.8) is 0 Å². The van der Waals surface area contributed by atoms with E-state index in [0.717, 1.165) is 12.1 Å². The van der Waals surface area contributed by atoms with Gasteiger partial charge in [0.25, 0.3) is 5.91 Å². The topological polar surface area (TPSA) is 48.0 Å². The Bertz CT molecular complexity index is 851. The van der Waals surface area contributed by atoms with E-state index in [1.54, 1.807) is 35.2 Å². The average molecular weight is 464 g/mol. The molecule has 2 aromatic rings. The van der Waals surface area contributed by atoms with Crippen molar-refractivity contribution in [2.24, 2.45) is 0 Å². The van der Waals surface area contributed by atoms with Crippen LogP contribution in [0.25, 0.3) is 0 Å². The third-order valence-electron chi connectivity index (χ3n) is 4.32. The maximum absolute atomic E-state index is 12.9. The van der Waals surface area contributed by atoms with E-state index < -0.39 is 17.8 Å². The second-order valence-electron chi connectivity index (χ2n) is 6.43. The number of ether oxygens (including phenoxy) is 3. The number of morpholine rings is 1. The number of benzene rings is 2. The van der Waals surface area contributed by atoms with Gasteiger partial charge in [0.2, 0.25) is 6.10 Å². The van der Waals surface area contributed by atoms with E-state index in [9.17, 15) is 18.0 Å². The van der Waals surface area contributed by atoms with Crippen LogP contribution < -0.4 is 9.47 Å². The lowest BCUT2D eigenvalue weighted by molar-refractivity contribution is -0.144.